The molecular weight excluding hydrogens is 468 g/mol. The van der Waals surface area contributed by atoms with Gasteiger partial charge in [0.15, 0.2) is 0 Å². The predicted octanol–water partition coefficient (Wildman–Crippen LogP) is 3.12. The van der Waals surface area contributed by atoms with Crippen LogP contribution in [0.1, 0.15) is 50.5 Å². The number of fused-ring (bicyclic) bond motifs is 1. The maximum absolute atomic E-state index is 13.9. The number of benzene rings is 1. The molecule has 0 bridgehead atoms. The number of carbonyl (C=O) groups excluding carboxylic acids is 2. The van der Waals surface area contributed by atoms with E-state index in [4.69, 9.17) is 10.5 Å². The molecule has 1 saturated carbocycles. The monoisotopic (exact) mass is 506 g/mol. The van der Waals surface area contributed by atoms with Crippen LogP contribution in [0.25, 0.3) is 10.9 Å². The average molecular weight is 507 g/mol. The predicted molar refractivity (Wildman–Crippen MR) is 140 cm³/mol. The molecule has 1 aliphatic carbocycles. The highest BCUT2D eigenvalue weighted by Gasteiger charge is 2.44. The normalized spacial score (nSPS) is 26.1. The van der Waals surface area contributed by atoms with Crippen molar-refractivity contribution in [1.29, 1.82) is 5.26 Å². The standard InChI is InChI=1S/C28H38N6O3/c29-18-28(10-11-33(19-28)16-21-15-31-24-9-5-4-8-22(21)24)32-26(35)23(14-20-6-2-1-3-7-20)25-17-37-13-12-34(25)27(30)36/h4-5,8-9,15,20,23,25,31H,1-3,6-7,10-14,16-17,19H2,(H2,30,36)(H,32,35). The van der Waals surface area contributed by atoms with E-state index in [1.807, 2.05) is 18.3 Å². The van der Waals surface area contributed by atoms with Crippen molar-refractivity contribution in [2.45, 2.75) is 63.1 Å². The number of rotatable bonds is 7. The molecule has 2 aliphatic heterocycles. The molecule has 3 atom stereocenters. The van der Waals surface area contributed by atoms with E-state index < -0.39 is 23.5 Å². The fourth-order valence-electron chi connectivity index (χ4n) is 6.53. The maximum atomic E-state index is 13.9. The van der Waals surface area contributed by atoms with Gasteiger partial charge in [0, 0.05) is 43.3 Å². The van der Waals surface area contributed by atoms with Gasteiger partial charge in [0.1, 0.15) is 5.54 Å². The highest BCUT2D eigenvalue weighted by Crippen LogP contribution is 2.33. The third-order valence-electron chi connectivity index (χ3n) is 8.56. The topological polar surface area (TPSA) is 127 Å². The summed E-state index contributed by atoms with van der Waals surface area (Å²) in [7, 11) is 0. The molecule has 9 nitrogen and oxygen atoms in total. The summed E-state index contributed by atoms with van der Waals surface area (Å²) in [5, 5.41) is 14.6. The van der Waals surface area contributed by atoms with Gasteiger partial charge >= 0.3 is 6.03 Å². The number of nitrogens with one attached hydrogen (secondary N) is 2. The second-order valence-electron chi connectivity index (χ2n) is 11.0. The number of ether oxygens (including phenoxy) is 1. The van der Waals surface area contributed by atoms with Crippen molar-refractivity contribution in [3.05, 3.63) is 36.0 Å². The summed E-state index contributed by atoms with van der Waals surface area (Å²) in [4.78, 5) is 33.3. The van der Waals surface area contributed by atoms with Gasteiger partial charge < -0.3 is 25.7 Å². The van der Waals surface area contributed by atoms with Crippen molar-refractivity contribution in [2.24, 2.45) is 17.6 Å². The number of primary amides is 1. The maximum Gasteiger partial charge on any atom is 0.315 e. The Morgan fingerprint density at radius 1 is 1.24 bits per heavy atom. The Labute approximate surface area is 218 Å². The Hall–Kier alpha value is -3.09. The molecular formula is C28H38N6O3. The summed E-state index contributed by atoms with van der Waals surface area (Å²) >= 11 is 0. The Balaban J connectivity index is 1.31. The van der Waals surface area contributed by atoms with E-state index in [1.165, 1.54) is 30.2 Å². The van der Waals surface area contributed by atoms with Crippen LogP contribution in [0.2, 0.25) is 0 Å². The summed E-state index contributed by atoms with van der Waals surface area (Å²) in [5.41, 5.74) is 7.02. The van der Waals surface area contributed by atoms with Gasteiger partial charge in [-0.2, -0.15) is 5.26 Å². The van der Waals surface area contributed by atoms with Crippen molar-refractivity contribution in [2.75, 3.05) is 32.8 Å². The fraction of sp³-hybridized carbons (Fsp3) is 0.607. The number of hydrogen-bond donors (Lipinski definition) is 3. The van der Waals surface area contributed by atoms with E-state index >= 15 is 0 Å². The lowest BCUT2D eigenvalue weighted by Gasteiger charge is -2.40. The average Bonchev–Trinajstić information content (AvgIpc) is 3.52. The number of nitrogens with two attached hydrogens (primary N) is 1. The number of amides is 3. The minimum atomic E-state index is -0.957. The van der Waals surface area contributed by atoms with Gasteiger partial charge in [-0.15, -0.1) is 0 Å². The number of nitrogens with zero attached hydrogens (tertiary/aromatic N) is 3. The first-order valence-corrected chi connectivity index (χ1v) is 13.6. The first-order valence-electron chi connectivity index (χ1n) is 13.6. The number of H-pyrrole nitrogens is 1. The second-order valence-corrected chi connectivity index (χ2v) is 11.0. The van der Waals surface area contributed by atoms with E-state index in [0.717, 1.165) is 24.9 Å². The van der Waals surface area contributed by atoms with Crippen LogP contribution in [-0.4, -0.2) is 71.2 Å². The molecule has 9 heteroatoms. The first-order chi connectivity index (χ1) is 18.0. The first kappa shape index (κ1) is 25.6. The summed E-state index contributed by atoms with van der Waals surface area (Å²) < 4.78 is 5.71. The molecule has 3 aliphatic rings. The smallest absolute Gasteiger partial charge is 0.315 e. The van der Waals surface area contributed by atoms with Gasteiger partial charge in [0.25, 0.3) is 0 Å². The lowest BCUT2D eigenvalue weighted by Crippen LogP contribution is -2.59. The number of nitriles is 1. The van der Waals surface area contributed by atoms with Gasteiger partial charge in [-0.25, -0.2) is 4.79 Å². The van der Waals surface area contributed by atoms with E-state index in [9.17, 15) is 14.9 Å². The van der Waals surface area contributed by atoms with Gasteiger partial charge in [-0.05, 0) is 30.4 Å². The Morgan fingerprint density at radius 2 is 2.05 bits per heavy atom. The number of morpholine rings is 1. The van der Waals surface area contributed by atoms with E-state index in [-0.39, 0.29) is 5.91 Å². The zero-order chi connectivity index (χ0) is 25.8. The molecule has 3 amide bonds. The lowest BCUT2D eigenvalue weighted by molar-refractivity contribution is -0.131. The van der Waals surface area contributed by atoms with E-state index in [2.05, 4.69) is 33.4 Å². The Bertz CT molecular complexity index is 1150. The van der Waals surface area contributed by atoms with Crippen molar-refractivity contribution in [1.82, 2.24) is 20.1 Å². The molecule has 0 spiro atoms. The van der Waals surface area contributed by atoms with Crippen LogP contribution in [-0.2, 0) is 16.1 Å². The Morgan fingerprint density at radius 3 is 2.84 bits per heavy atom. The van der Waals surface area contributed by atoms with Crippen LogP contribution in [0.4, 0.5) is 4.79 Å². The number of urea groups is 1. The molecule has 1 aromatic carbocycles. The fourth-order valence-corrected chi connectivity index (χ4v) is 6.53. The van der Waals surface area contributed by atoms with Gasteiger partial charge in [0.2, 0.25) is 5.91 Å². The van der Waals surface area contributed by atoms with Crippen LogP contribution < -0.4 is 11.1 Å². The highest BCUT2D eigenvalue weighted by molar-refractivity contribution is 5.83. The molecule has 37 heavy (non-hydrogen) atoms. The van der Waals surface area contributed by atoms with E-state index in [0.29, 0.717) is 51.6 Å². The zero-order valence-electron chi connectivity index (χ0n) is 21.5. The molecule has 3 fully saturated rings. The SMILES string of the molecule is N#CC1(NC(=O)C(CC2CCCCC2)C2COCCN2C(N)=O)CCN(Cc2c[nH]c3ccccc23)C1. The summed E-state index contributed by atoms with van der Waals surface area (Å²) in [6.07, 6.45) is 9.04. The van der Waals surface area contributed by atoms with Crippen LogP contribution in [0.5, 0.6) is 0 Å². The molecule has 3 heterocycles. The molecule has 4 N–H and O–H groups in total. The van der Waals surface area contributed by atoms with Crippen molar-refractivity contribution in [3.63, 3.8) is 0 Å². The van der Waals surface area contributed by atoms with Crippen LogP contribution in [0.3, 0.4) is 0 Å². The van der Waals surface area contributed by atoms with Crippen molar-refractivity contribution >= 4 is 22.8 Å². The van der Waals surface area contributed by atoms with Crippen molar-refractivity contribution in [3.8, 4) is 6.07 Å². The van der Waals surface area contributed by atoms with Gasteiger partial charge in [-0.3, -0.25) is 9.69 Å². The minimum Gasteiger partial charge on any atom is -0.377 e. The molecule has 2 saturated heterocycles. The number of para-hydroxylation sites is 1. The molecule has 198 valence electrons. The number of carbonyl (C=O) groups is 2. The van der Waals surface area contributed by atoms with Gasteiger partial charge in [-0.1, -0.05) is 50.3 Å². The zero-order valence-corrected chi connectivity index (χ0v) is 21.5. The Kier molecular flexibility index (Phi) is 7.68. The quantitative estimate of drug-likeness (QED) is 0.532. The van der Waals surface area contributed by atoms with Crippen LogP contribution in [0.15, 0.2) is 30.5 Å². The summed E-state index contributed by atoms with van der Waals surface area (Å²) in [6, 6.07) is 9.70. The summed E-state index contributed by atoms with van der Waals surface area (Å²) in [6.45, 7) is 2.99. The molecule has 3 unspecified atom stereocenters. The van der Waals surface area contributed by atoms with E-state index in [1.54, 1.807) is 4.90 Å². The largest absolute Gasteiger partial charge is 0.377 e. The number of aromatic amines is 1. The number of aromatic nitrogens is 1. The minimum absolute atomic E-state index is 0.164. The van der Waals surface area contributed by atoms with Crippen molar-refractivity contribution < 1.29 is 14.3 Å². The van der Waals surface area contributed by atoms with Crippen LogP contribution in [0, 0.1) is 23.2 Å². The molecule has 0 radical (unpaired) electrons. The number of hydrogen-bond acceptors (Lipinski definition) is 5. The third kappa shape index (κ3) is 5.60. The second kappa shape index (κ2) is 11.1. The third-order valence-corrected chi connectivity index (χ3v) is 8.56. The molecule has 2 aromatic rings. The summed E-state index contributed by atoms with van der Waals surface area (Å²) in [5.74, 6) is -0.187. The highest BCUT2D eigenvalue weighted by atomic mass is 16.5. The molecule has 1 aromatic heterocycles. The number of likely N-dealkylation sites (tertiary alicyclic amines) is 1. The molecule has 5 rings (SSSR count). The van der Waals surface area contributed by atoms with Gasteiger partial charge in [0.05, 0.1) is 31.2 Å². The lowest BCUT2D eigenvalue weighted by atomic mass is 9.79. The van der Waals surface area contributed by atoms with Crippen LogP contribution >= 0.6 is 0 Å².